The first-order valence-corrected chi connectivity index (χ1v) is 14.1. The van der Waals surface area contributed by atoms with E-state index < -0.39 is 11.9 Å². The SMILES string of the molecule is CCOc1cc([C@H]2C(C(=O)OCCOc3ccccc3)=C(C)NC3=C2C(=O)C[C@@H](c2ccc(OC)cc2)C3)ccc1O. The fourth-order valence-electron chi connectivity index (χ4n) is 5.62. The molecule has 1 aliphatic carbocycles. The van der Waals surface area contributed by atoms with Gasteiger partial charge in [-0.2, -0.15) is 0 Å². The summed E-state index contributed by atoms with van der Waals surface area (Å²) in [6.07, 6.45) is 0.900. The molecule has 0 saturated carbocycles. The lowest BCUT2D eigenvalue weighted by Crippen LogP contribution is -2.36. The molecule has 2 aliphatic rings. The molecule has 2 N–H and O–H groups in total. The second-order valence-electron chi connectivity index (χ2n) is 10.2. The summed E-state index contributed by atoms with van der Waals surface area (Å²) in [7, 11) is 1.62. The molecule has 0 bridgehead atoms. The number of nitrogens with one attached hydrogen (secondary N) is 1. The predicted molar refractivity (Wildman–Crippen MR) is 158 cm³/mol. The second kappa shape index (κ2) is 12.9. The molecule has 5 rings (SSSR count). The van der Waals surface area contributed by atoms with Gasteiger partial charge in [0.25, 0.3) is 0 Å². The number of hydrogen-bond donors (Lipinski definition) is 2. The molecule has 0 fully saturated rings. The monoisotopic (exact) mass is 569 g/mol. The molecule has 0 spiro atoms. The maximum Gasteiger partial charge on any atom is 0.336 e. The van der Waals surface area contributed by atoms with Crippen LogP contribution in [0.5, 0.6) is 23.0 Å². The molecular weight excluding hydrogens is 534 g/mol. The number of carbonyl (C=O) groups excluding carboxylic acids is 2. The van der Waals surface area contributed by atoms with Crippen LogP contribution in [0.15, 0.2) is 95.3 Å². The molecule has 42 heavy (non-hydrogen) atoms. The third-order valence-corrected chi connectivity index (χ3v) is 7.58. The van der Waals surface area contributed by atoms with Crippen LogP contribution >= 0.6 is 0 Å². The van der Waals surface area contributed by atoms with Crippen molar-refractivity contribution in [3.05, 3.63) is 106 Å². The highest BCUT2D eigenvalue weighted by atomic mass is 16.6. The normalized spacial score (nSPS) is 18.2. The van der Waals surface area contributed by atoms with Crippen LogP contribution in [0, 0.1) is 0 Å². The topological polar surface area (TPSA) is 103 Å². The van der Waals surface area contributed by atoms with Crippen molar-refractivity contribution in [3.8, 4) is 23.0 Å². The minimum absolute atomic E-state index is 0.0128. The van der Waals surface area contributed by atoms with E-state index in [0.29, 0.717) is 47.6 Å². The number of rotatable bonds is 10. The van der Waals surface area contributed by atoms with Crippen molar-refractivity contribution < 1.29 is 33.6 Å². The van der Waals surface area contributed by atoms with Crippen LogP contribution in [-0.4, -0.2) is 43.8 Å². The number of esters is 1. The van der Waals surface area contributed by atoms with E-state index in [9.17, 15) is 14.7 Å². The Morgan fingerprint density at radius 2 is 1.67 bits per heavy atom. The first-order chi connectivity index (χ1) is 20.4. The molecule has 3 aromatic carbocycles. The average Bonchev–Trinajstić information content (AvgIpc) is 3.00. The van der Waals surface area contributed by atoms with Crippen molar-refractivity contribution in [1.82, 2.24) is 5.32 Å². The second-order valence-corrected chi connectivity index (χ2v) is 10.2. The molecular formula is C34H35NO7. The zero-order valence-corrected chi connectivity index (χ0v) is 24.0. The van der Waals surface area contributed by atoms with Crippen molar-refractivity contribution in [3.63, 3.8) is 0 Å². The first-order valence-electron chi connectivity index (χ1n) is 14.1. The molecule has 8 nitrogen and oxygen atoms in total. The third kappa shape index (κ3) is 6.12. The Hall–Kier alpha value is -4.72. The van der Waals surface area contributed by atoms with E-state index in [1.165, 1.54) is 6.07 Å². The number of phenolic OH excluding ortho intramolecular Hbond substituents is 1. The lowest BCUT2D eigenvalue weighted by Gasteiger charge is -2.36. The van der Waals surface area contributed by atoms with Gasteiger partial charge in [-0.1, -0.05) is 36.4 Å². The van der Waals surface area contributed by atoms with Crippen LogP contribution < -0.4 is 19.5 Å². The molecule has 218 valence electrons. The Balaban J connectivity index is 1.45. The maximum atomic E-state index is 13.9. The number of ether oxygens (including phenoxy) is 4. The highest BCUT2D eigenvalue weighted by Gasteiger charge is 2.41. The van der Waals surface area contributed by atoms with Crippen LogP contribution in [0.4, 0.5) is 0 Å². The minimum Gasteiger partial charge on any atom is -0.504 e. The zero-order chi connectivity index (χ0) is 29.6. The minimum atomic E-state index is -0.687. The first kappa shape index (κ1) is 28.8. The molecule has 0 radical (unpaired) electrons. The number of benzene rings is 3. The van der Waals surface area contributed by atoms with Crippen molar-refractivity contribution in [2.75, 3.05) is 26.9 Å². The van der Waals surface area contributed by atoms with Gasteiger partial charge in [-0.25, -0.2) is 4.79 Å². The van der Waals surface area contributed by atoms with E-state index in [0.717, 1.165) is 17.0 Å². The molecule has 2 atom stereocenters. The van der Waals surface area contributed by atoms with Gasteiger partial charge in [0.05, 0.1) is 19.3 Å². The van der Waals surface area contributed by atoms with Gasteiger partial charge >= 0.3 is 5.97 Å². The van der Waals surface area contributed by atoms with Crippen LogP contribution in [0.3, 0.4) is 0 Å². The van der Waals surface area contributed by atoms with Crippen LogP contribution in [0.2, 0.25) is 0 Å². The van der Waals surface area contributed by atoms with E-state index in [4.69, 9.17) is 18.9 Å². The quantitative estimate of drug-likeness (QED) is 0.234. The highest BCUT2D eigenvalue weighted by Crippen LogP contribution is 2.47. The predicted octanol–water partition coefficient (Wildman–Crippen LogP) is 5.78. The Morgan fingerprint density at radius 1 is 0.929 bits per heavy atom. The fourth-order valence-corrected chi connectivity index (χ4v) is 5.62. The van der Waals surface area contributed by atoms with Crippen LogP contribution in [0.25, 0.3) is 0 Å². The van der Waals surface area contributed by atoms with E-state index in [1.54, 1.807) is 19.2 Å². The number of Topliss-reactive ketones (excluding diaryl/α,β-unsaturated/α-hetero) is 1. The summed E-state index contributed by atoms with van der Waals surface area (Å²) in [5.74, 6) is 0.416. The van der Waals surface area contributed by atoms with E-state index in [1.807, 2.05) is 68.4 Å². The van der Waals surface area contributed by atoms with Gasteiger partial charge < -0.3 is 29.4 Å². The van der Waals surface area contributed by atoms with E-state index >= 15 is 0 Å². The number of dihydropyridines is 1. The standard InChI is InChI=1S/C34H35NO7/c1-4-40-30-20-23(12-15-28(30)36)32-31(34(38)42-17-16-41-26-8-6-5-7-9-26)21(2)35-27-18-24(19-29(37)33(27)32)22-10-13-25(39-3)14-11-22/h5-15,20,24,32,35-36H,4,16-19H2,1-3H3/t24-,32-/m0/s1. The van der Waals surface area contributed by atoms with E-state index in [2.05, 4.69) is 5.32 Å². The number of aromatic hydroxyl groups is 1. The summed E-state index contributed by atoms with van der Waals surface area (Å²) in [4.78, 5) is 27.5. The number of carbonyl (C=O) groups is 2. The Morgan fingerprint density at radius 3 is 2.38 bits per heavy atom. The number of hydrogen-bond acceptors (Lipinski definition) is 8. The number of phenols is 1. The summed E-state index contributed by atoms with van der Waals surface area (Å²) >= 11 is 0. The van der Waals surface area contributed by atoms with Crippen LogP contribution in [-0.2, 0) is 14.3 Å². The smallest absolute Gasteiger partial charge is 0.336 e. The van der Waals surface area contributed by atoms with E-state index in [-0.39, 0.29) is 36.4 Å². The van der Waals surface area contributed by atoms with Gasteiger partial charge in [0.2, 0.25) is 0 Å². The molecule has 1 heterocycles. The molecule has 1 aliphatic heterocycles. The van der Waals surface area contributed by atoms with Crippen molar-refractivity contribution in [2.45, 2.75) is 38.5 Å². The zero-order valence-electron chi connectivity index (χ0n) is 24.0. The van der Waals surface area contributed by atoms with Crippen molar-refractivity contribution >= 4 is 11.8 Å². The van der Waals surface area contributed by atoms with Crippen molar-refractivity contribution in [2.24, 2.45) is 0 Å². The molecule has 3 aromatic rings. The number of ketones is 1. The molecule has 8 heteroatoms. The van der Waals surface area contributed by atoms with Gasteiger partial charge in [-0.15, -0.1) is 0 Å². The molecule has 0 amide bonds. The lowest BCUT2D eigenvalue weighted by molar-refractivity contribution is -0.140. The lowest BCUT2D eigenvalue weighted by atomic mass is 9.71. The highest BCUT2D eigenvalue weighted by molar-refractivity contribution is 6.04. The Kier molecular flexibility index (Phi) is 8.81. The summed E-state index contributed by atoms with van der Waals surface area (Å²) in [5.41, 5.74) is 3.98. The number of allylic oxidation sites excluding steroid dienone is 3. The van der Waals surface area contributed by atoms with Crippen LogP contribution in [0.1, 0.15) is 49.7 Å². The average molecular weight is 570 g/mol. The summed E-state index contributed by atoms with van der Waals surface area (Å²) in [6.45, 7) is 4.22. The van der Waals surface area contributed by atoms with Gasteiger partial charge in [0, 0.05) is 29.3 Å². The molecule has 0 saturated heterocycles. The maximum absolute atomic E-state index is 13.9. The summed E-state index contributed by atoms with van der Waals surface area (Å²) < 4.78 is 22.3. The largest absolute Gasteiger partial charge is 0.504 e. The van der Waals surface area contributed by atoms with Gasteiger partial charge in [0.1, 0.15) is 24.7 Å². The van der Waals surface area contributed by atoms with Crippen molar-refractivity contribution in [1.29, 1.82) is 0 Å². The number of para-hydroxylation sites is 1. The fraction of sp³-hybridized carbons (Fsp3) is 0.294. The van der Waals surface area contributed by atoms with Gasteiger partial charge in [-0.05, 0) is 73.7 Å². The molecule has 0 aromatic heterocycles. The summed E-state index contributed by atoms with van der Waals surface area (Å²) in [5, 5.41) is 13.7. The summed E-state index contributed by atoms with van der Waals surface area (Å²) in [6, 6.07) is 22.0. The van der Waals surface area contributed by atoms with Gasteiger partial charge in [0.15, 0.2) is 17.3 Å². The molecule has 0 unspecified atom stereocenters. The number of methoxy groups -OCH3 is 1. The third-order valence-electron chi connectivity index (χ3n) is 7.58. The Bertz CT molecular complexity index is 1510. The Labute approximate surface area is 245 Å². The van der Waals surface area contributed by atoms with Gasteiger partial charge in [-0.3, -0.25) is 4.79 Å².